The van der Waals surface area contributed by atoms with Gasteiger partial charge in [-0.15, -0.1) is 0 Å². The summed E-state index contributed by atoms with van der Waals surface area (Å²) >= 11 is 0. The highest BCUT2D eigenvalue weighted by Gasteiger charge is 2.11. The van der Waals surface area contributed by atoms with Crippen molar-refractivity contribution in [2.45, 2.75) is 6.92 Å². The molecule has 2 aromatic heterocycles. The summed E-state index contributed by atoms with van der Waals surface area (Å²) in [5.74, 6) is 0.863. The number of carbonyl (C=O) groups is 1. The number of amides is 1. The predicted molar refractivity (Wildman–Crippen MR) is 88.2 cm³/mol. The minimum absolute atomic E-state index is 0.453. The molecule has 1 amide bonds. The van der Waals surface area contributed by atoms with Crippen molar-refractivity contribution < 1.29 is 4.79 Å². The second-order valence-electron chi connectivity index (χ2n) is 4.97. The van der Waals surface area contributed by atoms with Gasteiger partial charge in [-0.05, 0) is 30.7 Å². The molecule has 0 aliphatic rings. The van der Waals surface area contributed by atoms with E-state index < -0.39 is 5.91 Å². The van der Waals surface area contributed by atoms with Gasteiger partial charge in [0.1, 0.15) is 18.0 Å². The molecule has 0 bridgehead atoms. The van der Waals surface area contributed by atoms with Gasteiger partial charge in [-0.1, -0.05) is 18.2 Å². The molecule has 114 valence electrons. The number of nitrogens with two attached hydrogens (primary N) is 1. The van der Waals surface area contributed by atoms with Gasteiger partial charge in [0.25, 0.3) is 0 Å². The molecule has 1 aromatic carbocycles. The molecule has 0 aliphatic carbocycles. The first-order valence-corrected chi connectivity index (χ1v) is 7.05. The third-order valence-electron chi connectivity index (χ3n) is 3.46. The topological polar surface area (TPSA) is 93.8 Å². The highest BCUT2D eigenvalue weighted by Crippen LogP contribution is 2.25. The number of benzene rings is 1. The molecule has 0 aliphatic heterocycles. The molecule has 6 heteroatoms. The number of anilines is 2. The molecule has 2 heterocycles. The van der Waals surface area contributed by atoms with Crippen LogP contribution in [0.15, 0.2) is 55.0 Å². The summed E-state index contributed by atoms with van der Waals surface area (Å²) in [6.07, 6.45) is 3.17. The van der Waals surface area contributed by atoms with Crippen molar-refractivity contribution in [1.29, 1.82) is 0 Å². The summed E-state index contributed by atoms with van der Waals surface area (Å²) in [6, 6.07) is 12.8. The van der Waals surface area contributed by atoms with Crippen LogP contribution in [0, 0.1) is 6.92 Å². The van der Waals surface area contributed by atoms with Crippen molar-refractivity contribution in [2.75, 3.05) is 5.32 Å². The summed E-state index contributed by atoms with van der Waals surface area (Å²) in [7, 11) is 0. The Morgan fingerprint density at radius 1 is 1.04 bits per heavy atom. The Hall–Kier alpha value is -3.28. The number of primary amides is 1. The van der Waals surface area contributed by atoms with Gasteiger partial charge in [0.15, 0.2) is 0 Å². The van der Waals surface area contributed by atoms with E-state index >= 15 is 0 Å². The fourth-order valence-corrected chi connectivity index (χ4v) is 2.32. The lowest BCUT2D eigenvalue weighted by Crippen LogP contribution is -2.13. The maximum absolute atomic E-state index is 11.5. The van der Waals surface area contributed by atoms with Gasteiger partial charge >= 0.3 is 0 Å². The highest BCUT2D eigenvalue weighted by atomic mass is 16.1. The van der Waals surface area contributed by atoms with Crippen molar-refractivity contribution >= 4 is 17.5 Å². The highest BCUT2D eigenvalue weighted by molar-refractivity contribution is 5.96. The number of hydrogen-bond donors (Lipinski definition) is 2. The predicted octanol–water partition coefficient (Wildman–Crippen LogP) is 2.69. The third-order valence-corrected chi connectivity index (χ3v) is 3.46. The third kappa shape index (κ3) is 3.16. The zero-order valence-electron chi connectivity index (χ0n) is 12.5. The molecule has 0 atom stereocenters. The minimum Gasteiger partial charge on any atom is -0.366 e. The Morgan fingerprint density at radius 2 is 1.91 bits per heavy atom. The number of rotatable bonds is 4. The van der Waals surface area contributed by atoms with Crippen LogP contribution in [-0.2, 0) is 0 Å². The van der Waals surface area contributed by atoms with Crippen LogP contribution in [0.1, 0.15) is 15.9 Å². The van der Waals surface area contributed by atoms with Crippen LogP contribution in [-0.4, -0.2) is 20.9 Å². The van der Waals surface area contributed by atoms with Crippen LogP contribution in [0.4, 0.5) is 11.6 Å². The molecule has 0 fully saturated rings. The van der Waals surface area contributed by atoms with E-state index in [1.54, 1.807) is 18.3 Å². The fraction of sp³-hybridized carbons (Fsp3) is 0.0588. The van der Waals surface area contributed by atoms with E-state index in [0.29, 0.717) is 22.9 Å². The van der Waals surface area contributed by atoms with Crippen molar-refractivity contribution in [1.82, 2.24) is 15.0 Å². The van der Waals surface area contributed by atoms with Gasteiger partial charge in [-0.2, -0.15) is 0 Å². The van der Waals surface area contributed by atoms with Crippen LogP contribution < -0.4 is 11.1 Å². The molecule has 0 radical (unpaired) electrons. The lowest BCUT2D eigenvalue weighted by Gasteiger charge is -2.10. The standard InChI is InChI=1S/C17H15N5O/c1-11-12(5-4-6-13(11)17(18)23)14-9-16(21-10-20-14)22-15-7-2-3-8-19-15/h2-10H,1H3,(H2,18,23)(H,19,20,21,22). The minimum atomic E-state index is -0.453. The SMILES string of the molecule is Cc1c(C(N)=O)cccc1-c1cc(Nc2ccccn2)ncn1. The second-order valence-corrected chi connectivity index (χ2v) is 4.97. The largest absolute Gasteiger partial charge is 0.366 e. The zero-order chi connectivity index (χ0) is 16.2. The molecule has 3 rings (SSSR count). The summed E-state index contributed by atoms with van der Waals surface area (Å²) in [4.78, 5) is 24.2. The van der Waals surface area contributed by atoms with Crippen molar-refractivity contribution in [3.8, 4) is 11.3 Å². The van der Waals surface area contributed by atoms with Crippen molar-refractivity contribution in [2.24, 2.45) is 5.73 Å². The van der Waals surface area contributed by atoms with E-state index in [1.807, 2.05) is 37.3 Å². The van der Waals surface area contributed by atoms with E-state index in [-0.39, 0.29) is 0 Å². The molecule has 0 saturated heterocycles. The normalized spacial score (nSPS) is 10.3. The summed E-state index contributed by atoms with van der Waals surface area (Å²) < 4.78 is 0. The number of carbonyl (C=O) groups excluding carboxylic acids is 1. The Labute approximate surface area is 133 Å². The summed E-state index contributed by atoms with van der Waals surface area (Å²) in [5, 5.41) is 3.12. The number of hydrogen-bond acceptors (Lipinski definition) is 5. The van der Waals surface area contributed by atoms with Gasteiger partial charge in [0.05, 0.1) is 5.69 Å². The van der Waals surface area contributed by atoms with E-state index in [1.165, 1.54) is 6.33 Å². The van der Waals surface area contributed by atoms with E-state index in [2.05, 4.69) is 20.3 Å². The monoisotopic (exact) mass is 305 g/mol. The Bertz CT molecular complexity index is 849. The van der Waals surface area contributed by atoms with Crippen LogP contribution in [0.3, 0.4) is 0 Å². The van der Waals surface area contributed by atoms with Crippen LogP contribution in [0.25, 0.3) is 11.3 Å². The lowest BCUT2D eigenvalue weighted by atomic mass is 9.99. The number of nitrogens with one attached hydrogen (secondary N) is 1. The zero-order valence-corrected chi connectivity index (χ0v) is 12.5. The lowest BCUT2D eigenvalue weighted by molar-refractivity contribution is 0.1000. The van der Waals surface area contributed by atoms with Gasteiger partial charge < -0.3 is 11.1 Å². The van der Waals surface area contributed by atoms with Crippen LogP contribution in [0.5, 0.6) is 0 Å². The summed E-state index contributed by atoms with van der Waals surface area (Å²) in [6.45, 7) is 1.85. The molecule has 6 nitrogen and oxygen atoms in total. The molecule has 0 unspecified atom stereocenters. The van der Waals surface area contributed by atoms with Gasteiger partial charge in [0, 0.05) is 23.4 Å². The van der Waals surface area contributed by atoms with E-state index in [9.17, 15) is 4.79 Å². The van der Waals surface area contributed by atoms with Gasteiger partial charge in [-0.25, -0.2) is 15.0 Å². The Kier molecular flexibility index (Phi) is 3.97. The first kappa shape index (κ1) is 14.6. The number of nitrogens with zero attached hydrogens (tertiary/aromatic N) is 3. The van der Waals surface area contributed by atoms with Crippen molar-refractivity contribution in [3.05, 3.63) is 66.1 Å². The number of aromatic nitrogens is 3. The van der Waals surface area contributed by atoms with E-state index in [4.69, 9.17) is 5.73 Å². The Morgan fingerprint density at radius 3 is 2.65 bits per heavy atom. The van der Waals surface area contributed by atoms with Crippen LogP contribution in [0.2, 0.25) is 0 Å². The van der Waals surface area contributed by atoms with Crippen LogP contribution >= 0.6 is 0 Å². The first-order valence-electron chi connectivity index (χ1n) is 7.05. The van der Waals surface area contributed by atoms with Gasteiger partial charge in [-0.3, -0.25) is 4.79 Å². The molecule has 0 saturated carbocycles. The molecule has 0 spiro atoms. The first-order chi connectivity index (χ1) is 11.1. The van der Waals surface area contributed by atoms with E-state index in [0.717, 1.165) is 11.1 Å². The fourth-order valence-electron chi connectivity index (χ4n) is 2.32. The maximum atomic E-state index is 11.5. The van der Waals surface area contributed by atoms with Crippen molar-refractivity contribution in [3.63, 3.8) is 0 Å². The molecule has 3 aromatic rings. The maximum Gasteiger partial charge on any atom is 0.248 e. The smallest absolute Gasteiger partial charge is 0.248 e. The van der Waals surface area contributed by atoms with Gasteiger partial charge in [0.2, 0.25) is 5.91 Å². The molecule has 23 heavy (non-hydrogen) atoms. The summed E-state index contributed by atoms with van der Waals surface area (Å²) in [5.41, 5.74) is 8.23. The number of pyridine rings is 1. The average molecular weight is 305 g/mol. The Balaban J connectivity index is 1.97. The molecular formula is C17H15N5O. The quantitative estimate of drug-likeness (QED) is 0.773. The average Bonchev–Trinajstić information content (AvgIpc) is 2.56. The molecule has 3 N–H and O–H groups in total. The molecular weight excluding hydrogens is 290 g/mol. The second kappa shape index (κ2) is 6.23.